The number of hydrogen-bond acceptors (Lipinski definition) is 5. The third-order valence-corrected chi connectivity index (χ3v) is 5.76. The molecule has 110 valence electrons. The number of nitrogens with zero attached hydrogens (tertiary/aromatic N) is 2. The molecule has 0 aliphatic carbocycles. The summed E-state index contributed by atoms with van der Waals surface area (Å²) in [7, 11) is 0.262. The number of nitrogens with one attached hydrogen (secondary N) is 2. The Balaban J connectivity index is 1.92. The van der Waals surface area contributed by atoms with E-state index in [-0.39, 0.29) is 0 Å². The van der Waals surface area contributed by atoms with Crippen molar-refractivity contribution in [2.75, 3.05) is 13.6 Å². The van der Waals surface area contributed by atoms with Gasteiger partial charge in [-0.25, -0.2) is 13.1 Å². The molecule has 0 radical (unpaired) electrons. The van der Waals surface area contributed by atoms with Crippen molar-refractivity contribution in [2.45, 2.75) is 17.2 Å². The van der Waals surface area contributed by atoms with E-state index in [1.807, 2.05) is 26.4 Å². The zero-order valence-corrected chi connectivity index (χ0v) is 13.1. The number of aryl methyl sites for hydroxylation is 1. The summed E-state index contributed by atoms with van der Waals surface area (Å²) in [5.74, 6) is 0. The first-order valence-electron chi connectivity index (χ1n) is 6.22. The third-order valence-electron chi connectivity index (χ3n) is 2.72. The second kappa shape index (κ2) is 6.49. The summed E-state index contributed by atoms with van der Waals surface area (Å²) in [6, 6.07) is 3.47. The fourth-order valence-electron chi connectivity index (χ4n) is 1.77. The standard InChI is InChI=1S/C12H18N4O2S2/c1-13-8-11-3-4-12(19-11)20(17,18)15-6-5-10-7-14-16(2)9-10/h3-4,7,9,13,15H,5-6,8H2,1-2H3. The molecule has 0 saturated carbocycles. The predicted octanol–water partition coefficient (Wildman–Crippen LogP) is 0.722. The van der Waals surface area contributed by atoms with E-state index in [1.54, 1.807) is 16.9 Å². The highest BCUT2D eigenvalue weighted by molar-refractivity contribution is 7.91. The van der Waals surface area contributed by atoms with Crippen molar-refractivity contribution in [3.63, 3.8) is 0 Å². The molecule has 0 unspecified atom stereocenters. The second-order valence-corrected chi connectivity index (χ2v) is 7.58. The zero-order chi connectivity index (χ0) is 14.6. The zero-order valence-electron chi connectivity index (χ0n) is 11.5. The van der Waals surface area contributed by atoms with E-state index in [1.165, 1.54) is 11.3 Å². The highest BCUT2D eigenvalue weighted by Crippen LogP contribution is 2.21. The van der Waals surface area contributed by atoms with Gasteiger partial charge in [-0.15, -0.1) is 11.3 Å². The minimum absolute atomic E-state index is 0.355. The van der Waals surface area contributed by atoms with Gasteiger partial charge in [-0.1, -0.05) is 0 Å². The van der Waals surface area contributed by atoms with Crippen LogP contribution in [-0.2, 0) is 30.0 Å². The van der Waals surface area contributed by atoms with Gasteiger partial charge in [0.1, 0.15) is 4.21 Å². The molecule has 2 aromatic rings. The lowest BCUT2D eigenvalue weighted by atomic mass is 10.3. The van der Waals surface area contributed by atoms with Crippen molar-refractivity contribution in [1.82, 2.24) is 19.8 Å². The first-order chi connectivity index (χ1) is 9.51. The number of hydrogen-bond donors (Lipinski definition) is 2. The minimum atomic E-state index is -3.41. The van der Waals surface area contributed by atoms with Gasteiger partial charge < -0.3 is 5.32 Å². The first kappa shape index (κ1) is 15.2. The van der Waals surface area contributed by atoms with Crippen molar-refractivity contribution >= 4 is 21.4 Å². The van der Waals surface area contributed by atoms with Gasteiger partial charge >= 0.3 is 0 Å². The first-order valence-corrected chi connectivity index (χ1v) is 8.52. The van der Waals surface area contributed by atoms with Crippen LogP contribution in [0, 0.1) is 0 Å². The van der Waals surface area contributed by atoms with Gasteiger partial charge in [-0.3, -0.25) is 4.68 Å². The van der Waals surface area contributed by atoms with Crippen molar-refractivity contribution in [3.8, 4) is 0 Å². The minimum Gasteiger partial charge on any atom is -0.315 e. The highest BCUT2D eigenvalue weighted by atomic mass is 32.2. The van der Waals surface area contributed by atoms with E-state index < -0.39 is 10.0 Å². The molecule has 2 N–H and O–H groups in total. The van der Waals surface area contributed by atoms with Crippen LogP contribution in [-0.4, -0.2) is 31.8 Å². The topological polar surface area (TPSA) is 76.0 Å². The summed E-state index contributed by atoms with van der Waals surface area (Å²) in [5.41, 5.74) is 1.01. The molecule has 0 bridgehead atoms. The van der Waals surface area contributed by atoms with Crippen LogP contribution in [0.5, 0.6) is 0 Å². The predicted molar refractivity (Wildman–Crippen MR) is 79.2 cm³/mol. The average molecular weight is 314 g/mol. The molecule has 0 aromatic carbocycles. The van der Waals surface area contributed by atoms with E-state index in [2.05, 4.69) is 15.1 Å². The molecule has 0 amide bonds. The SMILES string of the molecule is CNCc1ccc(S(=O)(=O)NCCc2cnn(C)c2)s1. The van der Waals surface area contributed by atoms with Gasteiger partial charge in [0.25, 0.3) is 0 Å². The Kier molecular flexibility index (Phi) is 4.92. The molecule has 0 saturated heterocycles. The van der Waals surface area contributed by atoms with Gasteiger partial charge in [0.15, 0.2) is 0 Å². The number of sulfonamides is 1. The summed E-state index contributed by atoms with van der Waals surface area (Å²) in [6.45, 7) is 1.04. The van der Waals surface area contributed by atoms with Gasteiger partial charge in [0.05, 0.1) is 6.20 Å². The molecule has 0 spiro atoms. The van der Waals surface area contributed by atoms with Crippen LogP contribution in [0.25, 0.3) is 0 Å². The van der Waals surface area contributed by atoms with Gasteiger partial charge in [0, 0.05) is 31.2 Å². The Hall–Kier alpha value is -1.22. The fraction of sp³-hybridized carbons (Fsp3) is 0.417. The molecular weight excluding hydrogens is 296 g/mol. The van der Waals surface area contributed by atoms with Crippen LogP contribution in [0.3, 0.4) is 0 Å². The lowest BCUT2D eigenvalue weighted by molar-refractivity contribution is 0.584. The van der Waals surface area contributed by atoms with Crippen molar-refractivity contribution < 1.29 is 8.42 Å². The molecule has 2 rings (SSSR count). The summed E-state index contributed by atoms with van der Waals surface area (Å²) in [5, 5.41) is 7.05. The summed E-state index contributed by atoms with van der Waals surface area (Å²) in [4.78, 5) is 1.00. The van der Waals surface area contributed by atoms with Gasteiger partial charge in [0.2, 0.25) is 10.0 Å². The average Bonchev–Trinajstić information content (AvgIpc) is 2.99. The van der Waals surface area contributed by atoms with Gasteiger partial charge in [-0.2, -0.15) is 5.10 Å². The summed E-state index contributed by atoms with van der Waals surface area (Å²) in [6.07, 6.45) is 4.25. The molecule has 20 heavy (non-hydrogen) atoms. The molecular formula is C12H18N4O2S2. The Morgan fingerprint density at radius 3 is 2.85 bits per heavy atom. The molecule has 6 nitrogen and oxygen atoms in total. The molecule has 0 aliphatic rings. The summed E-state index contributed by atoms with van der Waals surface area (Å²) < 4.78 is 28.9. The van der Waals surface area contributed by atoms with Crippen LogP contribution in [0.2, 0.25) is 0 Å². The highest BCUT2D eigenvalue weighted by Gasteiger charge is 2.16. The van der Waals surface area contributed by atoms with E-state index in [0.717, 1.165) is 10.4 Å². The van der Waals surface area contributed by atoms with E-state index >= 15 is 0 Å². The number of thiophene rings is 1. The number of rotatable bonds is 7. The molecule has 8 heteroatoms. The molecule has 0 atom stereocenters. The Morgan fingerprint density at radius 1 is 1.40 bits per heavy atom. The van der Waals surface area contributed by atoms with E-state index in [0.29, 0.717) is 23.7 Å². The van der Waals surface area contributed by atoms with Crippen molar-refractivity contribution in [1.29, 1.82) is 0 Å². The van der Waals surface area contributed by atoms with Crippen LogP contribution in [0.1, 0.15) is 10.4 Å². The second-order valence-electron chi connectivity index (χ2n) is 4.42. The normalized spacial score (nSPS) is 11.9. The Bertz CT molecular complexity index is 661. The quantitative estimate of drug-likeness (QED) is 0.790. The van der Waals surface area contributed by atoms with Crippen LogP contribution >= 0.6 is 11.3 Å². The maximum absolute atomic E-state index is 12.1. The van der Waals surface area contributed by atoms with E-state index in [9.17, 15) is 8.42 Å². The molecule has 2 heterocycles. The molecule has 0 aliphatic heterocycles. The van der Waals surface area contributed by atoms with Crippen molar-refractivity contribution in [2.24, 2.45) is 7.05 Å². The Morgan fingerprint density at radius 2 is 2.20 bits per heavy atom. The number of aromatic nitrogens is 2. The largest absolute Gasteiger partial charge is 0.315 e. The van der Waals surface area contributed by atoms with Crippen molar-refractivity contribution in [3.05, 3.63) is 35.0 Å². The monoisotopic (exact) mass is 314 g/mol. The lowest BCUT2D eigenvalue weighted by Crippen LogP contribution is -2.25. The third kappa shape index (κ3) is 3.89. The van der Waals surface area contributed by atoms with Crippen LogP contribution < -0.4 is 10.0 Å². The van der Waals surface area contributed by atoms with Crippen LogP contribution in [0.4, 0.5) is 0 Å². The fourth-order valence-corrected chi connectivity index (χ4v) is 4.22. The maximum Gasteiger partial charge on any atom is 0.250 e. The van der Waals surface area contributed by atoms with E-state index in [4.69, 9.17) is 0 Å². The van der Waals surface area contributed by atoms with Crippen LogP contribution in [0.15, 0.2) is 28.7 Å². The maximum atomic E-state index is 12.1. The molecule has 0 fully saturated rings. The van der Waals surface area contributed by atoms with Gasteiger partial charge in [-0.05, 0) is 31.2 Å². The summed E-state index contributed by atoms with van der Waals surface area (Å²) >= 11 is 1.29. The Labute approximate surface area is 122 Å². The smallest absolute Gasteiger partial charge is 0.250 e. The lowest BCUT2D eigenvalue weighted by Gasteiger charge is -2.03. The molecule has 2 aromatic heterocycles.